The minimum Gasteiger partial charge on any atom is -0.339 e. The van der Waals surface area contributed by atoms with Gasteiger partial charge in [0.15, 0.2) is 0 Å². The van der Waals surface area contributed by atoms with Crippen molar-refractivity contribution in [2.45, 2.75) is 52.0 Å². The van der Waals surface area contributed by atoms with Gasteiger partial charge in [0.2, 0.25) is 0 Å². The van der Waals surface area contributed by atoms with E-state index in [1.165, 1.54) is 24.1 Å². The molecule has 3 heterocycles. The predicted octanol–water partition coefficient (Wildman–Crippen LogP) is 4.97. The zero-order valence-electron chi connectivity index (χ0n) is 15.4. The second kappa shape index (κ2) is 6.83. The normalized spacial score (nSPS) is 15.5. The fourth-order valence-corrected chi connectivity index (χ4v) is 4.61. The Morgan fingerprint density at radius 3 is 2.69 bits per heavy atom. The molecule has 136 valence electrons. The van der Waals surface area contributed by atoms with Gasteiger partial charge in [-0.15, -0.1) is 11.3 Å². The van der Waals surface area contributed by atoms with Crippen molar-refractivity contribution in [3.8, 4) is 10.6 Å². The lowest BCUT2D eigenvalue weighted by Crippen LogP contribution is -2.38. The van der Waals surface area contributed by atoms with E-state index in [9.17, 15) is 4.79 Å². The lowest BCUT2D eigenvalue weighted by molar-refractivity contribution is 0.0698. The number of carbonyl (C=O) groups is 1. The number of rotatable bonds is 3. The summed E-state index contributed by atoms with van der Waals surface area (Å²) >= 11 is 1.66. The fourth-order valence-electron chi connectivity index (χ4n) is 3.79. The number of pyridine rings is 1. The smallest absolute Gasteiger partial charge is 0.259 e. The largest absolute Gasteiger partial charge is 0.339 e. The first-order valence-electron chi connectivity index (χ1n) is 9.15. The van der Waals surface area contributed by atoms with Gasteiger partial charge in [0.25, 0.3) is 11.6 Å². The Morgan fingerprint density at radius 1 is 1.23 bits per heavy atom. The van der Waals surface area contributed by atoms with Gasteiger partial charge in [0, 0.05) is 18.0 Å². The Bertz CT molecular complexity index is 953. The van der Waals surface area contributed by atoms with Crippen molar-refractivity contribution in [3.05, 3.63) is 34.3 Å². The van der Waals surface area contributed by atoms with Crippen molar-refractivity contribution in [2.75, 3.05) is 7.05 Å². The molecule has 1 aliphatic rings. The SMILES string of the molecule is Cc1ccc(-c2cc(C(=O)N(C)C3CCCCC3)c3c(C)noc3n2)s1. The number of hydrogen-bond donors (Lipinski definition) is 0. The van der Waals surface area contributed by atoms with Crippen LogP contribution in [0, 0.1) is 13.8 Å². The lowest BCUT2D eigenvalue weighted by atomic mass is 9.94. The van der Waals surface area contributed by atoms with Crippen LogP contribution in [0.15, 0.2) is 22.7 Å². The third kappa shape index (κ3) is 3.03. The maximum absolute atomic E-state index is 13.3. The molecule has 0 aromatic carbocycles. The topological polar surface area (TPSA) is 59.2 Å². The van der Waals surface area contributed by atoms with Crippen molar-refractivity contribution < 1.29 is 9.32 Å². The van der Waals surface area contributed by atoms with Gasteiger partial charge in [0.1, 0.15) is 0 Å². The molecule has 3 aromatic rings. The molecule has 1 saturated carbocycles. The molecule has 0 aliphatic heterocycles. The molecule has 0 spiro atoms. The lowest BCUT2D eigenvalue weighted by Gasteiger charge is -2.31. The highest BCUT2D eigenvalue weighted by atomic mass is 32.1. The summed E-state index contributed by atoms with van der Waals surface area (Å²) in [4.78, 5) is 22.1. The molecule has 0 atom stereocenters. The highest BCUT2D eigenvalue weighted by Crippen LogP contribution is 2.32. The number of nitrogens with zero attached hydrogens (tertiary/aromatic N) is 3. The van der Waals surface area contributed by atoms with Gasteiger partial charge in [-0.2, -0.15) is 0 Å². The predicted molar refractivity (Wildman–Crippen MR) is 104 cm³/mol. The van der Waals surface area contributed by atoms with Gasteiger partial charge >= 0.3 is 0 Å². The summed E-state index contributed by atoms with van der Waals surface area (Å²) in [7, 11) is 1.92. The van der Waals surface area contributed by atoms with E-state index in [2.05, 4.69) is 23.1 Å². The fraction of sp³-hybridized carbons (Fsp3) is 0.450. The molecular formula is C20H23N3O2S. The second-order valence-corrected chi connectivity index (χ2v) is 8.41. The van der Waals surface area contributed by atoms with Crippen molar-refractivity contribution in [1.82, 2.24) is 15.0 Å². The van der Waals surface area contributed by atoms with Crippen LogP contribution < -0.4 is 0 Å². The van der Waals surface area contributed by atoms with Crippen LogP contribution >= 0.6 is 11.3 Å². The summed E-state index contributed by atoms with van der Waals surface area (Å²) in [5, 5.41) is 4.78. The summed E-state index contributed by atoms with van der Waals surface area (Å²) in [6.07, 6.45) is 5.82. The Labute approximate surface area is 157 Å². The summed E-state index contributed by atoms with van der Waals surface area (Å²) in [5.74, 6) is 0.0325. The maximum Gasteiger partial charge on any atom is 0.259 e. The third-order valence-electron chi connectivity index (χ3n) is 5.28. The quantitative estimate of drug-likeness (QED) is 0.654. The zero-order valence-corrected chi connectivity index (χ0v) is 16.2. The van der Waals surface area contributed by atoms with E-state index in [0.29, 0.717) is 23.0 Å². The molecule has 26 heavy (non-hydrogen) atoms. The van der Waals surface area contributed by atoms with Crippen LogP contribution in [0.5, 0.6) is 0 Å². The van der Waals surface area contributed by atoms with Crippen LogP contribution in [0.3, 0.4) is 0 Å². The molecule has 0 saturated heterocycles. The van der Waals surface area contributed by atoms with Crippen LogP contribution in [0.1, 0.15) is 53.0 Å². The Morgan fingerprint density at radius 2 is 2.00 bits per heavy atom. The summed E-state index contributed by atoms with van der Waals surface area (Å²) in [6, 6.07) is 6.32. The minimum absolute atomic E-state index is 0.0325. The molecule has 1 fully saturated rings. The van der Waals surface area contributed by atoms with Gasteiger partial charge in [-0.3, -0.25) is 4.79 Å². The first-order chi connectivity index (χ1) is 12.5. The van der Waals surface area contributed by atoms with E-state index in [-0.39, 0.29) is 5.91 Å². The average Bonchev–Trinajstić information content (AvgIpc) is 3.26. The maximum atomic E-state index is 13.3. The van der Waals surface area contributed by atoms with E-state index in [0.717, 1.165) is 28.8 Å². The minimum atomic E-state index is 0.0325. The average molecular weight is 369 g/mol. The molecule has 1 amide bonds. The van der Waals surface area contributed by atoms with Gasteiger partial charge in [-0.25, -0.2) is 4.98 Å². The van der Waals surface area contributed by atoms with Crippen molar-refractivity contribution in [1.29, 1.82) is 0 Å². The van der Waals surface area contributed by atoms with Crippen molar-refractivity contribution >= 4 is 28.3 Å². The van der Waals surface area contributed by atoms with Crippen LogP contribution in [-0.4, -0.2) is 34.0 Å². The van der Waals surface area contributed by atoms with Crippen LogP contribution in [0.4, 0.5) is 0 Å². The number of thiophene rings is 1. The van der Waals surface area contributed by atoms with Crippen LogP contribution in [0.2, 0.25) is 0 Å². The van der Waals surface area contributed by atoms with Crippen LogP contribution in [0.25, 0.3) is 21.7 Å². The molecular weight excluding hydrogens is 346 g/mol. The van der Waals surface area contributed by atoms with E-state index < -0.39 is 0 Å². The number of amides is 1. The van der Waals surface area contributed by atoms with Gasteiger partial charge in [-0.05, 0) is 44.9 Å². The van der Waals surface area contributed by atoms with E-state index in [1.54, 1.807) is 11.3 Å². The van der Waals surface area contributed by atoms with E-state index in [4.69, 9.17) is 4.52 Å². The molecule has 5 nitrogen and oxygen atoms in total. The van der Waals surface area contributed by atoms with Crippen molar-refractivity contribution in [2.24, 2.45) is 0 Å². The monoisotopic (exact) mass is 369 g/mol. The van der Waals surface area contributed by atoms with Gasteiger partial charge < -0.3 is 9.42 Å². The highest BCUT2D eigenvalue weighted by Gasteiger charge is 2.27. The Kier molecular flexibility index (Phi) is 4.53. The highest BCUT2D eigenvalue weighted by molar-refractivity contribution is 7.15. The number of aryl methyl sites for hydroxylation is 2. The van der Waals surface area contributed by atoms with E-state index >= 15 is 0 Å². The Hall–Kier alpha value is -2.21. The molecule has 3 aromatic heterocycles. The summed E-state index contributed by atoms with van der Waals surface area (Å²) in [5.41, 5.74) is 2.56. The first-order valence-corrected chi connectivity index (χ1v) is 9.97. The summed E-state index contributed by atoms with van der Waals surface area (Å²) in [6.45, 7) is 3.92. The number of hydrogen-bond acceptors (Lipinski definition) is 5. The Balaban J connectivity index is 1.79. The first kappa shape index (κ1) is 17.2. The molecule has 1 aliphatic carbocycles. The van der Waals surface area contributed by atoms with Crippen LogP contribution in [-0.2, 0) is 0 Å². The van der Waals surface area contributed by atoms with Crippen molar-refractivity contribution in [3.63, 3.8) is 0 Å². The number of carbonyl (C=O) groups excluding carboxylic acids is 1. The third-order valence-corrected chi connectivity index (χ3v) is 6.31. The molecule has 0 radical (unpaired) electrons. The number of aromatic nitrogens is 2. The zero-order chi connectivity index (χ0) is 18.3. The molecule has 0 N–H and O–H groups in total. The molecule has 4 rings (SSSR count). The van der Waals surface area contributed by atoms with E-state index in [1.807, 2.05) is 31.0 Å². The van der Waals surface area contributed by atoms with Gasteiger partial charge in [-0.1, -0.05) is 24.4 Å². The number of fused-ring (bicyclic) bond motifs is 1. The second-order valence-electron chi connectivity index (χ2n) is 7.12. The molecule has 0 unspecified atom stereocenters. The molecule has 0 bridgehead atoms. The summed E-state index contributed by atoms with van der Waals surface area (Å²) < 4.78 is 5.41. The molecule has 6 heteroatoms. The standard InChI is InChI=1S/C20H23N3O2S/c1-12-9-10-17(26-12)16-11-15(18-13(2)22-25-19(18)21-16)20(24)23(3)14-7-5-4-6-8-14/h9-11,14H,4-8H2,1-3H3. The van der Waals surface area contributed by atoms with Gasteiger partial charge in [0.05, 0.1) is 27.2 Å².